The van der Waals surface area contributed by atoms with Gasteiger partial charge in [-0.1, -0.05) is 63.6 Å². The van der Waals surface area contributed by atoms with Crippen LogP contribution in [0, 0.1) is 5.92 Å². The SMILES string of the molecule is C=NC(=N/C(=C\CNCCc1ccccc1Cl)C1=CC(C(C)C)=CC=C=C1)OC.CC.CCl.COC=O. The first kappa shape index (κ1) is 36.3. The van der Waals surface area contributed by atoms with Gasteiger partial charge in [0.05, 0.1) is 19.9 Å². The van der Waals surface area contributed by atoms with Gasteiger partial charge in [0, 0.05) is 23.5 Å². The highest BCUT2D eigenvalue weighted by molar-refractivity contribution is 6.31. The van der Waals surface area contributed by atoms with Gasteiger partial charge in [-0.05, 0) is 67.1 Å². The summed E-state index contributed by atoms with van der Waals surface area (Å²) in [7, 11) is 2.84. The molecule has 0 atom stereocenters. The minimum absolute atomic E-state index is 0.227. The molecule has 1 aliphatic rings. The lowest BCUT2D eigenvalue weighted by atomic mass is 9.99. The Bertz CT molecular complexity index is 974. The van der Waals surface area contributed by atoms with E-state index in [2.05, 4.69) is 70.1 Å². The summed E-state index contributed by atoms with van der Waals surface area (Å²) >= 11 is 10.9. The van der Waals surface area contributed by atoms with Gasteiger partial charge in [0.1, 0.15) is 0 Å². The molecule has 0 bridgehead atoms. The molecule has 0 saturated heterocycles. The number of hydrogen-bond acceptors (Lipinski definition) is 5. The van der Waals surface area contributed by atoms with Gasteiger partial charge in [0.25, 0.3) is 6.47 Å². The minimum Gasteiger partial charge on any atom is -0.471 e. The molecule has 0 aliphatic heterocycles. The van der Waals surface area contributed by atoms with Gasteiger partial charge < -0.3 is 14.8 Å². The van der Waals surface area contributed by atoms with Crippen LogP contribution in [0.4, 0.5) is 0 Å². The number of hydrogen-bond donors (Lipinski definition) is 1. The Labute approximate surface area is 233 Å². The zero-order chi connectivity index (χ0) is 28.5. The molecular weight excluding hydrogens is 509 g/mol. The van der Waals surface area contributed by atoms with Gasteiger partial charge in [-0.25, -0.2) is 4.99 Å². The third kappa shape index (κ3) is 16.5. The molecule has 0 radical (unpaired) electrons. The van der Waals surface area contributed by atoms with Gasteiger partial charge in [-0.3, -0.25) is 4.79 Å². The Morgan fingerprint density at radius 3 is 2.41 bits per heavy atom. The van der Waals surface area contributed by atoms with Crippen molar-refractivity contribution >= 4 is 42.4 Å². The number of alkyl halides is 1. The van der Waals surface area contributed by atoms with Crippen LogP contribution in [-0.4, -0.2) is 52.9 Å². The van der Waals surface area contributed by atoms with E-state index in [-0.39, 0.29) is 6.02 Å². The molecule has 1 aromatic rings. The number of amidine groups is 1. The number of nitrogens with one attached hydrogen (secondary N) is 1. The van der Waals surface area contributed by atoms with Crippen molar-refractivity contribution in [2.75, 3.05) is 33.7 Å². The lowest BCUT2D eigenvalue weighted by Gasteiger charge is -2.10. The van der Waals surface area contributed by atoms with Gasteiger partial charge in [-0.15, -0.1) is 17.3 Å². The molecule has 2 rings (SSSR count). The Balaban J connectivity index is 0. The van der Waals surface area contributed by atoms with Crippen LogP contribution < -0.4 is 5.32 Å². The highest BCUT2D eigenvalue weighted by Crippen LogP contribution is 2.22. The molecule has 0 fully saturated rings. The van der Waals surface area contributed by atoms with Crippen LogP contribution in [-0.2, 0) is 20.7 Å². The third-order valence-electron chi connectivity index (χ3n) is 4.49. The summed E-state index contributed by atoms with van der Waals surface area (Å²) in [4.78, 5) is 17.3. The number of rotatable bonds is 9. The maximum absolute atomic E-state index is 8.95. The van der Waals surface area contributed by atoms with E-state index in [1.165, 1.54) is 26.2 Å². The number of nitrogens with zero attached hydrogens (tertiary/aromatic N) is 2. The molecule has 8 heteroatoms. The highest BCUT2D eigenvalue weighted by Gasteiger charge is 2.08. The van der Waals surface area contributed by atoms with Crippen molar-refractivity contribution in [3.8, 4) is 0 Å². The number of ether oxygens (including phenoxy) is 2. The smallest absolute Gasteiger partial charge is 0.316 e. The van der Waals surface area contributed by atoms with Gasteiger partial charge >= 0.3 is 6.02 Å². The summed E-state index contributed by atoms with van der Waals surface area (Å²) in [5.74, 6) is 0.396. The van der Waals surface area contributed by atoms with Gasteiger partial charge in [0.2, 0.25) is 0 Å². The van der Waals surface area contributed by atoms with E-state index in [1.807, 2.05) is 56.3 Å². The number of carbonyl (C=O) groups is 1. The fourth-order valence-electron chi connectivity index (χ4n) is 2.73. The van der Waals surface area contributed by atoms with E-state index in [4.69, 9.17) is 21.1 Å². The predicted molar refractivity (Wildman–Crippen MR) is 160 cm³/mol. The molecule has 0 spiro atoms. The second kappa shape index (κ2) is 24.8. The second-order valence-corrected chi connectivity index (χ2v) is 7.53. The second-order valence-electron chi connectivity index (χ2n) is 7.12. The molecule has 37 heavy (non-hydrogen) atoms. The summed E-state index contributed by atoms with van der Waals surface area (Å²) < 4.78 is 9.05. The van der Waals surface area contributed by atoms with Crippen molar-refractivity contribution in [3.63, 3.8) is 0 Å². The van der Waals surface area contributed by atoms with E-state index in [0.717, 1.165) is 34.8 Å². The van der Waals surface area contributed by atoms with Gasteiger partial charge in [0.15, 0.2) is 0 Å². The van der Waals surface area contributed by atoms with Crippen LogP contribution in [0.5, 0.6) is 0 Å². The summed E-state index contributed by atoms with van der Waals surface area (Å²) in [6.07, 6.45) is 12.4. The summed E-state index contributed by atoms with van der Waals surface area (Å²) in [6.45, 7) is 13.7. The summed E-state index contributed by atoms with van der Waals surface area (Å²) in [6, 6.07) is 8.13. The topological polar surface area (TPSA) is 72.3 Å². The molecule has 0 amide bonds. The first-order valence-corrected chi connectivity index (χ1v) is 13.0. The number of halogens is 2. The zero-order valence-corrected chi connectivity index (χ0v) is 24.6. The molecule has 0 aromatic heterocycles. The van der Waals surface area contributed by atoms with E-state index in [1.54, 1.807) is 0 Å². The van der Waals surface area contributed by atoms with Crippen LogP contribution in [0.2, 0.25) is 5.02 Å². The molecule has 1 aliphatic carbocycles. The predicted octanol–water partition coefficient (Wildman–Crippen LogP) is 6.96. The number of benzene rings is 1. The first-order valence-electron chi connectivity index (χ1n) is 11.9. The van der Waals surface area contributed by atoms with Gasteiger partial charge in [-0.2, -0.15) is 4.99 Å². The summed E-state index contributed by atoms with van der Waals surface area (Å²) in [5.41, 5.74) is 7.22. The Morgan fingerprint density at radius 2 is 1.86 bits per heavy atom. The monoisotopic (exact) mass is 549 g/mol. The molecular formula is C29H41Cl2N3O3. The van der Waals surface area contributed by atoms with Crippen LogP contribution in [0.1, 0.15) is 33.3 Å². The quantitative estimate of drug-likeness (QED) is 0.0901. The maximum atomic E-state index is 8.95. The molecule has 0 unspecified atom stereocenters. The standard InChI is InChI=1S/C24H28ClN3O.C2H4O2.C2H6.CH3Cl/c1-18(2)20-10-5-6-11-21(17-20)23(28-24(26-3)29-4)14-16-27-15-13-19-9-7-8-12-22(19)25;1-4-2-3;2*1-2/h5,7-12,14,17-18,27H,3,13,15-16H2,1-2,4H3;2H,1H3;1-2H3;1H3/b23-14-,28-24?;;;. The van der Waals surface area contributed by atoms with Crippen LogP contribution >= 0.6 is 23.2 Å². The van der Waals surface area contributed by atoms with Crippen LogP contribution in [0.15, 0.2) is 87.2 Å². The van der Waals surface area contributed by atoms with E-state index >= 15 is 0 Å². The Kier molecular flexibility index (Phi) is 24.3. The maximum Gasteiger partial charge on any atom is 0.316 e. The molecule has 204 valence electrons. The lowest BCUT2D eigenvalue weighted by Crippen LogP contribution is -2.17. The highest BCUT2D eigenvalue weighted by atomic mass is 35.5. The van der Waals surface area contributed by atoms with E-state index in [0.29, 0.717) is 18.9 Å². The first-order chi connectivity index (χ1) is 18.0. The van der Waals surface area contributed by atoms with Crippen molar-refractivity contribution in [1.82, 2.24) is 5.32 Å². The van der Waals surface area contributed by atoms with Crippen molar-refractivity contribution in [3.05, 3.63) is 87.8 Å². The molecule has 6 nitrogen and oxygen atoms in total. The Hall–Kier alpha value is -2.89. The molecule has 0 heterocycles. The zero-order valence-electron chi connectivity index (χ0n) is 23.1. The third-order valence-corrected chi connectivity index (χ3v) is 4.86. The number of allylic oxidation sites excluding steroid dienone is 4. The Morgan fingerprint density at radius 1 is 1.22 bits per heavy atom. The van der Waals surface area contributed by atoms with Crippen molar-refractivity contribution in [1.29, 1.82) is 0 Å². The van der Waals surface area contributed by atoms with E-state index in [9.17, 15) is 0 Å². The van der Waals surface area contributed by atoms with Crippen molar-refractivity contribution < 1.29 is 14.3 Å². The van der Waals surface area contributed by atoms with Crippen molar-refractivity contribution in [2.24, 2.45) is 15.9 Å². The fraction of sp³-hybridized carbons (Fsp3) is 0.379. The van der Waals surface area contributed by atoms with E-state index < -0.39 is 0 Å². The minimum atomic E-state index is 0.227. The number of methoxy groups -OCH3 is 2. The average Bonchev–Trinajstić information content (AvgIpc) is 3.20. The average molecular weight is 551 g/mol. The number of aliphatic imine (C=N–C) groups is 2. The summed E-state index contributed by atoms with van der Waals surface area (Å²) in [5, 5.41) is 4.21. The van der Waals surface area contributed by atoms with Crippen LogP contribution in [0.25, 0.3) is 0 Å². The van der Waals surface area contributed by atoms with Crippen LogP contribution in [0.3, 0.4) is 0 Å². The number of carbonyl (C=O) groups excluding carboxylic acids is 1. The molecule has 1 aromatic carbocycles. The largest absolute Gasteiger partial charge is 0.471 e. The fourth-order valence-corrected chi connectivity index (χ4v) is 2.96. The van der Waals surface area contributed by atoms with Crippen molar-refractivity contribution in [2.45, 2.75) is 34.1 Å². The normalized spacial score (nSPS) is 12.3. The lowest BCUT2D eigenvalue weighted by molar-refractivity contribution is -0.126. The molecule has 1 N–H and O–H groups in total. The molecule has 0 saturated carbocycles.